The Morgan fingerprint density at radius 3 is 2.50 bits per heavy atom. The van der Waals surface area contributed by atoms with Crippen LogP contribution in [0.1, 0.15) is 38.8 Å². The lowest BCUT2D eigenvalue weighted by Gasteiger charge is -2.37. The molecule has 1 aliphatic rings. The first-order valence-corrected chi connectivity index (χ1v) is 7.23. The number of carbonyl (C=O) groups excluding carboxylic acids is 2. The number of hydrogen-bond donors (Lipinski definition) is 1. The number of aliphatic hydroxyl groups excluding tert-OH is 1. The van der Waals surface area contributed by atoms with E-state index >= 15 is 0 Å². The van der Waals surface area contributed by atoms with Crippen LogP contribution in [0.25, 0.3) is 0 Å². The van der Waals surface area contributed by atoms with Crippen molar-refractivity contribution in [2.75, 3.05) is 6.54 Å². The summed E-state index contributed by atoms with van der Waals surface area (Å²) in [5.41, 5.74) is 0.472. The van der Waals surface area contributed by atoms with Crippen molar-refractivity contribution < 1.29 is 19.4 Å². The molecule has 5 nitrogen and oxygen atoms in total. The minimum absolute atomic E-state index is 0.0454. The molecule has 22 heavy (non-hydrogen) atoms. The summed E-state index contributed by atoms with van der Waals surface area (Å²) in [4.78, 5) is 26.0. The third kappa shape index (κ3) is 3.67. The van der Waals surface area contributed by atoms with E-state index in [0.29, 0.717) is 0 Å². The fraction of sp³-hybridized carbons (Fsp3) is 0.412. The quantitative estimate of drug-likeness (QED) is 0.638. The van der Waals surface area contributed by atoms with Crippen molar-refractivity contribution in [2.24, 2.45) is 0 Å². The van der Waals surface area contributed by atoms with Gasteiger partial charge in [-0.15, -0.1) is 0 Å². The number of nitrogens with zero attached hydrogens (tertiary/aromatic N) is 1. The highest BCUT2D eigenvalue weighted by Crippen LogP contribution is 2.32. The van der Waals surface area contributed by atoms with Crippen LogP contribution in [0.15, 0.2) is 42.2 Å². The highest BCUT2D eigenvalue weighted by Gasteiger charge is 2.36. The van der Waals surface area contributed by atoms with Gasteiger partial charge in [0.25, 0.3) is 0 Å². The molecule has 0 aliphatic carbocycles. The second kappa shape index (κ2) is 6.22. The maximum atomic E-state index is 12.4. The van der Waals surface area contributed by atoms with E-state index in [1.54, 1.807) is 20.8 Å². The third-order valence-corrected chi connectivity index (χ3v) is 3.42. The summed E-state index contributed by atoms with van der Waals surface area (Å²) >= 11 is 0. The molecule has 1 unspecified atom stereocenters. The number of ether oxygens (including phenoxy) is 1. The highest BCUT2D eigenvalue weighted by atomic mass is 16.6. The average Bonchev–Trinajstić information content (AvgIpc) is 2.46. The molecular formula is C17H21NO4. The van der Waals surface area contributed by atoms with Gasteiger partial charge in [-0.2, -0.15) is 0 Å². The zero-order valence-corrected chi connectivity index (χ0v) is 13.1. The van der Waals surface area contributed by atoms with E-state index in [1.165, 1.54) is 4.90 Å². The van der Waals surface area contributed by atoms with E-state index in [9.17, 15) is 14.7 Å². The van der Waals surface area contributed by atoms with Crippen molar-refractivity contribution in [2.45, 2.75) is 38.8 Å². The molecule has 2 rings (SSSR count). The molecule has 0 radical (unpaired) electrons. The molecule has 1 N–H and O–H groups in total. The van der Waals surface area contributed by atoms with E-state index < -0.39 is 11.7 Å². The standard InChI is InChI=1S/C17H21NO4/c1-17(2,3)22-16(21)18-10-13(11-19)15(20)9-14(18)12-7-5-4-6-8-12/h4-8,11,14,19H,9-10H2,1-3H3. The molecule has 1 aromatic rings. The number of aliphatic hydroxyl groups is 1. The predicted octanol–water partition coefficient (Wildman–Crippen LogP) is 3.38. The monoisotopic (exact) mass is 303 g/mol. The largest absolute Gasteiger partial charge is 0.515 e. The van der Waals surface area contributed by atoms with E-state index in [4.69, 9.17) is 4.74 Å². The Morgan fingerprint density at radius 2 is 1.95 bits per heavy atom. The van der Waals surface area contributed by atoms with Gasteiger partial charge in [0.1, 0.15) is 5.60 Å². The van der Waals surface area contributed by atoms with E-state index in [-0.39, 0.29) is 30.4 Å². The Bertz CT molecular complexity index is 586. The van der Waals surface area contributed by atoms with Crippen LogP contribution in [-0.2, 0) is 9.53 Å². The number of hydrogen-bond acceptors (Lipinski definition) is 4. The van der Waals surface area contributed by atoms with Gasteiger partial charge in [0.15, 0.2) is 5.78 Å². The van der Waals surface area contributed by atoms with Crippen molar-refractivity contribution >= 4 is 11.9 Å². The van der Waals surface area contributed by atoms with Gasteiger partial charge >= 0.3 is 6.09 Å². The first-order chi connectivity index (χ1) is 10.3. The molecule has 118 valence electrons. The molecule has 1 amide bonds. The van der Waals surface area contributed by atoms with Crippen molar-refractivity contribution in [1.29, 1.82) is 0 Å². The first kappa shape index (κ1) is 16.1. The van der Waals surface area contributed by atoms with Crippen molar-refractivity contribution in [3.8, 4) is 0 Å². The number of likely N-dealkylation sites (tertiary alicyclic amines) is 1. The lowest BCUT2D eigenvalue weighted by Crippen LogP contribution is -2.45. The Labute approximate surface area is 130 Å². The van der Waals surface area contributed by atoms with Crippen molar-refractivity contribution in [1.82, 2.24) is 4.90 Å². The van der Waals surface area contributed by atoms with Gasteiger partial charge in [0.05, 0.1) is 18.8 Å². The van der Waals surface area contributed by atoms with E-state index in [2.05, 4.69) is 0 Å². The SMILES string of the molecule is CC(C)(C)OC(=O)N1CC(=CO)C(=O)CC1c1ccccc1. The number of Topliss-reactive ketones (excluding diaryl/α,β-unsaturated/α-hetero) is 1. The van der Waals surface area contributed by atoms with Gasteiger partial charge in [0, 0.05) is 12.0 Å². The van der Waals surface area contributed by atoms with Gasteiger partial charge in [-0.25, -0.2) is 4.79 Å². The van der Waals surface area contributed by atoms with Gasteiger partial charge < -0.3 is 9.84 Å². The fourth-order valence-electron chi connectivity index (χ4n) is 2.40. The van der Waals surface area contributed by atoms with Gasteiger partial charge in [-0.1, -0.05) is 30.3 Å². The Kier molecular flexibility index (Phi) is 4.54. The van der Waals surface area contributed by atoms with Gasteiger partial charge in [0.2, 0.25) is 0 Å². The number of piperidine rings is 1. The number of rotatable bonds is 1. The summed E-state index contributed by atoms with van der Waals surface area (Å²) in [6.45, 7) is 5.42. The molecule has 1 heterocycles. The molecule has 1 aromatic carbocycles. The second-order valence-corrected chi connectivity index (χ2v) is 6.32. The first-order valence-electron chi connectivity index (χ1n) is 7.23. The molecule has 0 spiro atoms. The molecule has 1 fully saturated rings. The summed E-state index contributed by atoms with van der Waals surface area (Å²) in [6.07, 6.45) is 0.421. The number of benzene rings is 1. The van der Waals surface area contributed by atoms with Crippen molar-refractivity contribution in [3.63, 3.8) is 0 Å². The summed E-state index contributed by atoms with van der Waals surface area (Å²) in [7, 11) is 0. The lowest BCUT2D eigenvalue weighted by atomic mass is 9.92. The molecular weight excluding hydrogens is 282 g/mol. The zero-order chi connectivity index (χ0) is 16.3. The average molecular weight is 303 g/mol. The molecule has 1 aliphatic heterocycles. The summed E-state index contributed by atoms with van der Waals surface area (Å²) in [6, 6.07) is 8.98. The van der Waals surface area contributed by atoms with Crippen LogP contribution in [0, 0.1) is 0 Å². The summed E-state index contributed by atoms with van der Waals surface area (Å²) in [5.74, 6) is -0.156. The Morgan fingerprint density at radius 1 is 1.32 bits per heavy atom. The maximum Gasteiger partial charge on any atom is 0.411 e. The molecule has 0 aromatic heterocycles. The second-order valence-electron chi connectivity index (χ2n) is 6.32. The van der Waals surface area contributed by atoms with Crippen LogP contribution in [0.2, 0.25) is 0 Å². The minimum atomic E-state index is -0.622. The summed E-state index contributed by atoms with van der Waals surface area (Å²) in [5, 5.41) is 9.19. The topological polar surface area (TPSA) is 66.8 Å². The molecule has 0 bridgehead atoms. The van der Waals surface area contributed by atoms with Crippen molar-refractivity contribution in [3.05, 3.63) is 47.7 Å². The molecule has 5 heteroatoms. The number of carbonyl (C=O) groups is 2. The van der Waals surface area contributed by atoms with Gasteiger partial charge in [-0.05, 0) is 26.3 Å². The molecule has 0 saturated carbocycles. The normalized spacial score (nSPS) is 21.0. The Hall–Kier alpha value is -2.30. The smallest absolute Gasteiger partial charge is 0.411 e. The van der Waals surface area contributed by atoms with Crippen LogP contribution < -0.4 is 0 Å². The molecule has 1 saturated heterocycles. The van der Waals surface area contributed by atoms with Crippen LogP contribution in [0.4, 0.5) is 4.79 Å². The highest BCUT2D eigenvalue weighted by molar-refractivity contribution is 5.98. The van der Waals surface area contributed by atoms with Gasteiger partial charge in [-0.3, -0.25) is 9.69 Å². The maximum absolute atomic E-state index is 12.4. The number of amides is 1. The minimum Gasteiger partial charge on any atom is -0.515 e. The zero-order valence-electron chi connectivity index (χ0n) is 13.1. The van der Waals surface area contributed by atoms with Crippen LogP contribution >= 0.6 is 0 Å². The Balaban J connectivity index is 2.31. The lowest BCUT2D eigenvalue weighted by molar-refractivity contribution is -0.118. The fourth-order valence-corrected chi connectivity index (χ4v) is 2.40. The van der Waals surface area contributed by atoms with E-state index in [1.807, 2.05) is 30.3 Å². The molecule has 1 atom stereocenters. The van der Waals surface area contributed by atoms with Crippen LogP contribution in [0.5, 0.6) is 0 Å². The third-order valence-electron chi connectivity index (χ3n) is 3.42. The van der Waals surface area contributed by atoms with E-state index in [0.717, 1.165) is 11.8 Å². The summed E-state index contributed by atoms with van der Waals surface area (Å²) < 4.78 is 5.42. The predicted molar refractivity (Wildman–Crippen MR) is 82.5 cm³/mol. The number of ketones is 1. The van der Waals surface area contributed by atoms with Crippen LogP contribution in [0.3, 0.4) is 0 Å². The van der Waals surface area contributed by atoms with Crippen LogP contribution in [-0.4, -0.2) is 34.0 Å².